The molecule has 0 aromatic heterocycles. The number of nitrogens with two attached hydrogens (primary N) is 1. The van der Waals surface area contributed by atoms with Crippen LogP contribution in [0, 0.1) is 0 Å². The van der Waals surface area contributed by atoms with Gasteiger partial charge in [0.25, 0.3) is 0 Å². The third-order valence-electron chi connectivity index (χ3n) is 3.04. The molecule has 0 aliphatic carbocycles. The van der Waals surface area contributed by atoms with Gasteiger partial charge in [-0.15, -0.1) is 6.58 Å². The number of ketones is 1. The molecule has 98 valence electrons. The van der Waals surface area contributed by atoms with E-state index in [-0.39, 0.29) is 5.78 Å². The minimum atomic E-state index is 0.248. The molecule has 0 saturated heterocycles. The molecule has 0 aliphatic heterocycles. The van der Waals surface area contributed by atoms with E-state index >= 15 is 0 Å². The van der Waals surface area contributed by atoms with E-state index in [1.807, 2.05) is 30.3 Å². The van der Waals surface area contributed by atoms with Gasteiger partial charge in [-0.3, -0.25) is 4.79 Å². The summed E-state index contributed by atoms with van der Waals surface area (Å²) in [6.45, 7) is 4.28. The highest BCUT2D eigenvalue weighted by atomic mass is 16.1. The molecular weight excluding hydrogens is 222 g/mol. The first-order chi connectivity index (χ1) is 8.79. The van der Waals surface area contributed by atoms with Gasteiger partial charge in [-0.05, 0) is 37.8 Å². The Bertz CT molecular complexity index is 384. The monoisotopic (exact) mass is 245 g/mol. The summed E-state index contributed by atoms with van der Waals surface area (Å²) in [6, 6.07) is 7.80. The van der Waals surface area contributed by atoms with E-state index in [0.717, 1.165) is 43.2 Å². The lowest BCUT2D eigenvalue weighted by Gasteiger charge is -2.07. The van der Waals surface area contributed by atoms with Gasteiger partial charge in [0.15, 0.2) is 5.78 Å². The maximum atomic E-state index is 12.1. The number of Topliss-reactive ketones (excluding diaryl/α,β-unsaturated/α-hetero) is 1. The minimum Gasteiger partial charge on any atom is -0.330 e. The number of carbonyl (C=O) groups is 1. The van der Waals surface area contributed by atoms with Crippen molar-refractivity contribution in [3.05, 3.63) is 48.0 Å². The number of carbonyl (C=O) groups excluding carboxylic acids is 1. The zero-order valence-corrected chi connectivity index (χ0v) is 11.0. The fourth-order valence-electron chi connectivity index (χ4n) is 2.05. The van der Waals surface area contributed by atoms with Gasteiger partial charge in [-0.1, -0.05) is 36.8 Å². The maximum absolute atomic E-state index is 12.1. The van der Waals surface area contributed by atoms with Gasteiger partial charge in [-0.25, -0.2) is 0 Å². The van der Waals surface area contributed by atoms with Crippen LogP contribution < -0.4 is 5.73 Å². The molecule has 1 rings (SSSR count). The normalized spacial score (nSPS) is 10.3. The van der Waals surface area contributed by atoms with E-state index in [0.29, 0.717) is 13.0 Å². The van der Waals surface area contributed by atoms with Crippen LogP contribution in [0.5, 0.6) is 0 Å². The number of rotatable bonds is 9. The first-order valence-electron chi connectivity index (χ1n) is 6.71. The molecule has 2 nitrogen and oxygen atoms in total. The predicted octanol–water partition coefficient (Wildman–Crippen LogP) is 3.51. The molecule has 0 aliphatic rings. The summed E-state index contributed by atoms with van der Waals surface area (Å²) in [6.07, 6.45) is 7.56. The van der Waals surface area contributed by atoms with E-state index in [1.54, 1.807) is 0 Å². The SMILES string of the molecule is C=CCCCCCC(=O)c1ccccc1CCN. The Balaban J connectivity index is 2.47. The van der Waals surface area contributed by atoms with Gasteiger partial charge in [0.2, 0.25) is 0 Å². The van der Waals surface area contributed by atoms with E-state index in [1.165, 1.54) is 0 Å². The van der Waals surface area contributed by atoms with E-state index in [9.17, 15) is 4.79 Å². The van der Waals surface area contributed by atoms with Crippen LogP contribution in [-0.4, -0.2) is 12.3 Å². The average Bonchev–Trinajstić information content (AvgIpc) is 2.39. The summed E-state index contributed by atoms with van der Waals surface area (Å²) in [7, 11) is 0. The van der Waals surface area contributed by atoms with Crippen molar-refractivity contribution in [2.24, 2.45) is 5.73 Å². The molecule has 0 unspecified atom stereocenters. The van der Waals surface area contributed by atoms with Crippen LogP contribution in [0.4, 0.5) is 0 Å². The maximum Gasteiger partial charge on any atom is 0.163 e. The molecular formula is C16H23NO. The number of hydrogen-bond acceptors (Lipinski definition) is 2. The summed E-state index contributed by atoms with van der Waals surface area (Å²) in [5.74, 6) is 0.248. The van der Waals surface area contributed by atoms with Crippen LogP contribution >= 0.6 is 0 Å². The molecule has 0 radical (unpaired) electrons. The van der Waals surface area contributed by atoms with Gasteiger partial charge in [-0.2, -0.15) is 0 Å². The molecule has 0 amide bonds. The summed E-state index contributed by atoms with van der Waals surface area (Å²) >= 11 is 0. The van der Waals surface area contributed by atoms with E-state index in [4.69, 9.17) is 5.73 Å². The molecule has 0 atom stereocenters. The summed E-state index contributed by atoms with van der Waals surface area (Å²) < 4.78 is 0. The number of allylic oxidation sites excluding steroid dienone is 1. The van der Waals surface area contributed by atoms with Crippen LogP contribution in [0.1, 0.15) is 48.0 Å². The molecule has 0 fully saturated rings. The second kappa shape index (κ2) is 8.65. The van der Waals surface area contributed by atoms with E-state index in [2.05, 4.69) is 6.58 Å². The van der Waals surface area contributed by atoms with Crippen molar-refractivity contribution in [2.45, 2.75) is 38.5 Å². The molecule has 0 spiro atoms. The van der Waals surface area contributed by atoms with Crippen molar-refractivity contribution in [3.8, 4) is 0 Å². The summed E-state index contributed by atoms with van der Waals surface area (Å²) in [5, 5.41) is 0. The predicted molar refractivity (Wildman–Crippen MR) is 76.8 cm³/mol. The number of hydrogen-bond donors (Lipinski definition) is 1. The standard InChI is InChI=1S/C16H23NO/c1-2-3-4-5-6-11-16(18)15-10-8-7-9-14(15)12-13-17/h2,7-10H,1,3-6,11-13,17H2. The topological polar surface area (TPSA) is 43.1 Å². The Hall–Kier alpha value is -1.41. The highest BCUT2D eigenvalue weighted by Gasteiger charge is 2.09. The second-order valence-electron chi connectivity index (χ2n) is 4.51. The van der Waals surface area contributed by atoms with Crippen LogP contribution in [-0.2, 0) is 6.42 Å². The first kappa shape index (κ1) is 14.7. The summed E-state index contributed by atoms with van der Waals surface area (Å²) in [5.41, 5.74) is 7.50. The van der Waals surface area contributed by atoms with Crippen molar-refractivity contribution in [1.29, 1.82) is 0 Å². The van der Waals surface area contributed by atoms with Crippen LogP contribution in [0.25, 0.3) is 0 Å². The zero-order valence-electron chi connectivity index (χ0n) is 11.0. The lowest BCUT2D eigenvalue weighted by atomic mass is 9.97. The van der Waals surface area contributed by atoms with Crippen LogP contribution in [0.15, 0.2) is 36.9 Å². The van der Waals surface area contributed by atoms with Gasteiger partial charge in [0, 0.05) is 12.0 Å². The zero-order chi connectivity index (χ0) is 13.2. The fraction of sp³-hybridized carbons (Fsp3) is 0.438. The molecule has 0 bridgehead atoms. The molecule has 18 heavy (non-hydrogen) atoms. The van der Waals surface area contributed by atoms with Gasteiger partial charge >= 0.3 is 0 Å². The molecule has 0 saturated carbocycles. The van der Waals surface area contributed by atoms with Crippen molar-refractivity contribution in [3.63, 3.8) is 0 Å². The minimum absolute atomic E-state index is 0.248. The average molecular weight is 245 g/mol. The Kier molecular flexibility index (Phi) is 7.04. The Labute approximate surface area is 110 Å². The Morgan fingerprint density at radius 2 is 2.00 bits per heavy atom. The van der Waals surface area contributed by atoms with Gasteiger partial charge in [0.05, 0.1) is 0 Å². The smallest absolute Gasteiger partial charge is 0.163 e. The lowest BCUT2D eigenvalue weighted by molar-refractivity contribution is 0.0978. The fourth-order valence-corrected chi connectivity index (χ4v) is 2.05. The summed E-state index contributed by atoms with van der Waals surface area (Å²) in [4.78, 5) is 12.1. The highest BCUT2D eigenvalue weighted by Crippen LogP contribution is 2.14. The van der Waals surface area contributed by atoms with Crippen LogP contribution in [0.2, 0.25) is 0 Å². The quantitative estimate of drug-likeness (QED) is 0.411. The van der Waals surface area contributed by atoms with Crippen LogP contribution in [0.3, 0.4) is 0 Å². The number of benzene rings is 1. The van der Waals surface area contributed by atoms with Crippen molar-refractivity contribution < 1.29 is 4.79 Å². The molecule has 2 heteroatoms. The van der Waals surface area contributed by atoms with Gasteiger partial charge in [0.1, 0.15) is 0 Å². The lowest BCUT2D eigenvalue weighted by Crippen LogP contribution is -2.09. The Morgan fingerprint density at radius 1 is 1.22 bits per heavy atom. The highest BCUT2D eigenvalue weighted by molar-refractivity contribution is 5.97. The van der Waals surface area contributed by atoms with Crippen molar-refractivity contribution >= 4 is 5.78 Å². The van der Waals surface area contributed by atoms with Gasteiger partial charge < -0.3 is 5.73 Å². The number of unbranched alkanes of at least 4 members (excludes halogenated alkanes) is 3. The largest absolute Gasteiger partial charge is 0.330 e. The van der Waals surface area contributed by atoms with E-state index < -0.39 is 0 Å². The molecule has 2 N–H and O–H groups in total. The Morgan fingerprint density at radius 3 is 2.72 bits per heavy atom. The third-order valence-corrected chi connectivity index (χ3v) is 3.04. The molecule has 0 heterocycles. The third kappa shape index (κ3) is 4.84. The second-order valence-corrected chi connectivity index (χ2v) is 4.51. The van der Waals surface area contributed by atoms with Crippen molar-refractivity contribution in [2.75, 3.05) is 6.54 Å². The molecule has 1 aromatic carbocycles. The molecule has 1 aromatic rings. The first-order valence-corrected chi connectivity index (χ1v) is 6.71. The van der Waals surface area contributed by atoms with Crippen molar-refractivity contribution in [1.82, 2.24) is 0 Å².